The van der Waals surface area contributed by atoms with Gasteiger partial charge in [-0.1, -0.05) is 23.5 Å². The summed E-state index contributed by atoms with van der Waals surface area (Å²) in [4.78, 5) is 25.2. The number of piperidine rings is 1. The summed E-state index contributed by atoms with van der Waals surface area (Å²) in [6, 6.07) is 8.69. The third-order valence-corrected chi connectivity index (χ3v) is 5.09. The quantitative estimate of drug-likeness (QED) is 0.695. The Bertz CT molecular complexity index is 690. The highest BCUT2D eigenvalue weighted by molar-refractivity contribution is 7.22. The molecule has 2 atom stereocenters. The van der Waals surface area contributed by atoms with Crippen molar-refractivity contribution >= 4 is 38.6 Å². The van der Waals surface area contributed by atoms with Gasteiger partial charge in [0.05, 0.1) is 22.4 Å². The first-order valence-electron chi connectivity index (χ1n) is 7.72. The fourth-order valence-electron chi connectivity index (χ4n) is 2.65. The van der Waals surface area contributed by atoms with Gasteiger partial charge in [0.2, 0.25) is 0 Å². The average Bonchev–Trinajstić information content (AvgIpc) is 3.05. The van der Waals surface area contributed by atoms with Crippen LogP contribution in [-0.2, 0) is 14.3 Å². The number of thiazole rings is 1. The molecular formula is C16H21N3O5S. The number of carbonyl (C=O) groups is 2. The molecule has 0 unspecified atom stereocenters. The molecule has 1 aromatic carbocycles. The SMILES string of the molecule is CO[C@@H]1CNCC[C@@H]1N(C)c1nc2ccccc2s1.O=C(O)C(=O)O. The maximum atomic E-state index is 9.10. The topological polar surface area (TPSA) is 112 Å². The molecule has 0 amide bonds. The number of anilines is 1. The third kappa shape index (κ3) is 4.88. The van der Waals surface area contributed by atoms with Gasteiger partial charge in [-0.05, 0) is 25.1 Å². The van der Waals surface area contributed by atoms with E-state index in [0.717, 1.165) is 30.2 Å². The van der Waals surface area contributed by atoms with Crippen molar-refractivity contribution < 1.29 is 24.5 Å². The molecule has 0 bridgehead atoms. The molecule has 8 nitrogen and oxygen atoms in total. The maximum absolute atomic E-state index is 9.10. The first kappa shape index (κ1) is 19.1. The van der Waals surface area contributed by atoms with Gasteiger partial charge >= 0.3 is 11.9 Å². The Morgan fingerprint density at radius 2 is 2.00 bits per heavy atom. The van der Waals surface area contributed by atoms with Gasteiger partial charge in [0.1, 0.15) is 0 Å². The number of benzene rings is 1. The van der Waals surface area contributed by atoms with Gasteiger partial charge in [-0.25, -0.2) is 14.6 Å². The predicted molar refractivity (Wildman–Crippen MR) is 95.4 cm³/mol. The Hall–Kier alpha value is -2.23. The van der Waals surface area contributed by atoms with Crippen molar-refractivity contribution in [3.05, 3.63) is 24.3 Å². The van der Waals surface area contributed by atoms with Gasteiger partial charge in [0, 0.05) is 20.7 Å². The van der Waals surface area contributed by atoms with Crippen molar-refractivity contribution in [3.63, 3.8) is 0 Å². The molecular weight excluding hydrogens is 346 g/mol. The summed E-state index contributed by atoms with van der Waals surface area (Å²) in [6.07, 6.45) is 1.32. The van der Waals surface area contributed by atoms with E-state index in [1.54, 1.807) is 18.4 Å². The van der Waals surface area contributed by atoms with Gasteiger partial charge < -0.3 is 25.2 Å². The summed E-state index contributed by atoms with van der Waals surface area (Å²) >= 11 is 1.75. The summed E-state index contributed by atoms with van der Waals surface area (Å²) in [5, 5.41) is 19.2. The number of nitrogens with zero attached hydrogens (tertiary/aromatic N) is 2. The summed E-state index contributed by atoms with van der Waals surface area (Å²) in [5.74, 6) is -3.65. The zero-order valence-corrected chi connectivity index (χ0v) is 14.8. The minimum atomic E-state index is -1.82. The third-order valence-electron chi connectivity index (χ3n) is 3.96. The molecule has 3 rings (SSSR count). The predicted octanol–water partition coefficient (Wildman–Crippen LogP) is 1.26. The van der Waals surface area contributed by atoms with Crippen LogP contribution in [0.25, 0.3) is 10.2 Å². The Labute approximate surface area is 149 Å². The first-order chi connectivity index (χ1) is 11.9. The molecule has 0 saturated carbocycles. The lowest BCUT2D eigenvalue weighted by Crippen LogP contribution is -2.52. The number of carboxylic acid groups (broad SMARTS) is 2. The van der Waals surface area contributed by atoms with Crippen LogP contribution >= 0.6 is 11.3 Å². The molecule has 0 spiro atoms. The molecule has 1 aliphatic heterocycles. The van der Waals surface area contributed by atoms with Crippen molar-refractivity contribution in [2.75, 3.05) is 32.1 Å². The summed E-state index contributed by atoms with van der Waals surface area (Å²) < 4.78 is 6.84. The van der Waals surface area contributed by atoms with Gasteiger partial charge in [-0.2, -0.15) is 0 Å². The summed E-state index contributed by atoms with van der Waals surface area (Å²) in [6.45, 7) is 1.95. The highest BCUT2D eigenvalue weighted by Gasteiger charge is 2.29. The normalized spacial score (nSPS) is 19.8. The average molecular weight is 367 g/mol. The number of hydrogen-bond donors (Lipinski definition) is 3. The van der Waals surface area contributed by atoms with Crippen LogP contribution in [0.1, 0.15) is 6.42 Å². The second-order valence-electron chi connectivity index (χ2n) is 5.52. The smallest absolute Gasteiger partial charge is 0.414 e. The molecule has 136 valence electrons. The Balaban J connectivity index is 0.000000326. The second kappa shape index (κ2) is 8.75. The van der Waals surface area contributed by atoms with E-state index in [1.165, 1.54) is 4.70 Å². The van der Waals surface area contributed by atoms with E-state index in [-0.39, 0.29) is 6.10 Å². The van der Waals surface area contributed by atoms with Crippen molar-refractivity contribution in [2.24, 2.45) is 0 Å². The van der Waals surface area contributed by atoms with Crippen LogP contribution in [0, 0.1) is 0 Å². The summed E-state index contributed by atoms with van der Waals surface area (Å²) in [5.41, 5.74) is 1.08. The van der Waals surface area contributed by atoms with Crippen LogP contribution < -0.4 is 10.2 Å². The lowest BCUT2D eigenvalue weighted by molar-refractivity contribution is -0.159. The van der Waals surface area contributed by atoms with Crippen LogP contribution in [0.3, 0.4) is 0 Å². The van der Waals surface area contributed by atoms with Crippen molar-refractivity contribution in [3.8, 4) is 0 Å². The van der Waals surface area contributed by atoms with Crippen LogP contribution in [0.2, 0.25) is 0 Å². The number of carboxylic acids is 2. The molecule has 2 aromatic rings. The zero-order chi connectivity index (χ0) is 18.4. The van der Waals surface area contributed by atoms with Gasteiger partial charge in [-0.15, -0.1) is 0 Å². The lowest BCUT2D eigenvalue weighted by Gasteiger charge is -2.37. The largest absolute Gasteiger partial charge is 0.473 e. The maximum Gasteiger partial charge on any atom is 0.414 e. The highest BCUT2D eigenvalue weighted by Crippen LogP contribution is 2.30. The van der Waals surface area contributed by atoms with Gasteiger partial charge in [0.25, 0.3) is 0 Å². The fraction of sp³-hybridized carbons (Fsp3) is 0.438. The van der Waals surface area contributed by atoms with E-state index >= 15 is 0 Å². The molecule has 2 heterocycles. The molecule has 1 saturated heterocycles. The zero-order valence-electron chi connectivity index (χ0n) is 14.0. The number of nitrogens with one attached hydrogen (secondary N) is 1. The molecule has 9 heteroatoms. The van der Waals surface area contributed by atoms with E-state index < -0.39 is 11.9 Å². The summed E-state index contributed by atoms with van der Waals surface area (Å²) in [7, 11) is 3.91. The van der Waals surface area contributed by atoms with Crippen LogP contribution in [0.15, 0.2) is 24.3 Å². The Morgan fingerprint density at radius 3 is 2.60 bits per heavy atom. The molecule has 1 aliphatic rings. The second-order valence-corrected chi connectivity index (χ2v) is 6.53. The van der Waals surface area contributed by atoms with E-state index in [4.69, 9.17) is 29.5 Å². The van der Waals surface area contributed by atoms with Crippen molar-refractivity contribution in [1.82, 2.24) is 10.3 Å². The van der Waals surface area contributed by atoms with Crippen molar-refractivity contribution in [2.45, 2.75) is 18.6 Å². The van der Waals surface area contributed by atoms with E-state index in [2.05, 4.69) is 35.5 Å². The van der Waals surface area contributed by atoms with Gasteiger partial charge in [-0.3, -0.25) is 0 Å². The van der Waals surface area contributed by atoms with E-state index in [9.17, 15) is 0 Å². The molecule has 1 aromatic heterocycles. The molecule has 25 heavy (non-hydrogen) atoms. The lowest BCUT2D eigenvalue weighted by atomic mass is 10.0. The molecule has 0 aliphatic carbocycles. The molecule has 3 N–H and O–H groups in total. The Morgan fingerprint density at radius 1 is 1.32 bits per heavy atom. The number of aromatic nitrogens is 1. The number of rotatable bonds is 3. The monoisotopic (exact) mass is 367 g/mol. The highest BCUT2D eigenvalue weighted by atomic mass is 32.1. The van der Waals surface area contributed by atoms with E-state index in [0.29, 0.717) is 6.04 Å². The minimum absolute atomic E-state index is 0.228. The van der Waals surface area contributed by atoms with Crippen LogP contribution in [-0.4, -0.2) is 66.5 Å². The first-order valence-corrected chi connectivity index (χ1v) is 8.53. The number of aliphatic carboxylic acids is 2. The minimum Gasteiger partial charge on any atom is -0.473 e. The number of ether oxygens (including phenoxy) is 1. The van der Waals surface area contributed by atoms with Crippen LogP contribution in [0.4, 0.5) is 5.13 Å². The number of likely N-dealkylation sites (N-methyl/N-ethyl adjacent to an activating group) is 1. The fourth-order valence-corrected chi connectivity index (χ4v) is 3.64. The number of hydrogen-bond acceptors (Lipinski definition) is 7. The number of para-hydroxylation sites is 1. The Kier molecular flexibility index (Phi) is 6.68. The van der Waals surface area contributed by atoms with Crippen molar-refractivity contribution in [1.29, 1.82) is 0 Å². The molecule has 1 fully saturated rings. The standard InChI is InChI=1S/C14H19N3OS.C2H2O4/c1-17(11-7-8-15-9-12(11)18-2)14-16-10-5-3-4-6-13(10)19-14;3-1(4)2(5)6/h3-6,11-12,15H,7-9H2,1-2H3;(H,3,4)(H,5,6)/t11-,12+;/m0./s1. The van der Waals surface area contributed by atoms with Crippen LogP contribution in [0.5, 0.6) is 0 Å². The van der Waals surface area contributed by atoms with Gasteiger partial charge in [0.15, 0.2) is 5.13 Å². The molecule has 0 radical (unpaired) electrons. The van der Waals surface area contributed by atoms with E-state index in [1.807, 2.05) is 6.07 Å². The number of methoxy groups -OCH3 is 1. The number of fused-ring (bicyclic) bond motifs is 1.